The van der Waals surface area contributed by atoms with Gasteiger partial charge in [0.15, 0.2) is 0 Å². The number of imide groups is 1. The molecule has 0 aromatic heterocycles. The molecule has 3 heterocycles. The summed E-state index contributed by atoms with van der Waals surface area (Å²) < 4.78 is 5.32. The number of nitrogens with one attached hydrogen (secondary N) is 2. The van der Waals surface area contributed by atoms with Crippen LogP contribution >= 0.6 is 0 Å². The summed E-state index contributed by atoms with van der Waals surface area (Å²) in [6.07, 6.45) is 3.26. The van der Waals surface area contributed by atoms with Crippen molar-refractivity contribution in [3.63, 3.8) is 0 Å². The maximum Gasteiger partial charge on any atom is 0.325 e. The molecule has 0 bridgehead atoms. The first-order chi connectivity index (χ1) is 9.21. The van der Waals surface area contributed by atoms with Gasteiger partial charge in [-0.25, -0.2) is 4.79 Å². The first kappa shape index (κ1) is 12.9. The third kappa shape index (κ3) is 2.34. The Morgan fingerprint density at radius 2 is 1.89 bits per heavy atom. The highest BCUT2D eigenvalue weighted by molar-refractivity contribution is 6.07. The molecule has 3 aliphatic rings. The van der Waals surface area contributed by atoms with Crippen LogP contribution in [0, 0.1) is 5.92 Å². The fraction of sp³-hybridized carbons (Fsp3) is 0.846. The molecule has 6 nitrogen and oxygen atoms in total. The van der Waals surface area contributed by atoms with Crippen LogP contribution in [0.1, 0.15) is 25.7 Å². The normalized spacial score (nSPS) is 27.9. The zero-order valence-electron chi connectivity index (χ0n) is 11.1. The molecule has 19 heavy (non-hydrogen) atoms. The number of amides is 3. The van der Waals surface area contributed by atoms with Gasteiger partial charge in [0, 0.05) is 19.8 Å². The van der Waals surface area contributed by atoms with Gasteiger partial charge in [0.05, 0.1) is 0 Å². The number of piperidine rings is 1. The van der Waals surface area contributed by atoms with Crippen molar-refractivity contribution in [2.45, 2.75) is 31.2 Å². The van der Waals surface area contributed by atoms with Crippen molar-refractivity contribution in [3.8, 4) is 0 Å². The van der Waals surface area contributed by atoms with E-state index in [1.54, 1.807) is 0 Å². The third-order valence-electron chi connectivity index (χ3n) is 4.48. The van der Waals surface area contributed by atoms with Gasteiger partial charge in [-0.3, -0.25) is 9.69 Å². The lowest BCUT2D eigenvalue weighted by atomic mass is 9.88. The van der Waals surface area contributed by atoms with Gasteiger partial charge < -0.3 is 15.4 Å². The fourth-order valence-electron chi connectivity index (χ4n) is 3.22. The highest BCUT2D eigenvalue weighted by Gasteiger charge is 2.51. The highest BCUT2D eigenvalue weighted by Crippen LogP contribution is 2.28. The van der Waals surface area contributed by atoms with E-state index in [0.717, 1.165) is 39.1 Å². The van der Waals surface area contributed by atoms with Gasteiger partial charge in [-0.15, -0.1) is 0 Å². The minimum absolute atomic E-state index is 0.0227. The largest absolute Gasteiger partial charge is 0.381 e. The van der Waals surface area contributed by atoms with E-state index in [0.29, 0.717) is 25.3 Å². The van der Waals surface area contributed by atoms with E-state index in [9.17, 15) is 9.59 Å². The molecular formula is C13H21N3O3. The van der Waals surface area contributed by atoms with Crippen LogP contribution in [-0.4, -0.2) is 55.2 Å². The van der Waals surface area contributed by atoms with Crippen LogP contribution in [0.3, 0.4) is 0 Å². The van der Waals surface area contributed by atoms with E-state index in [4.69, 9.17) is 4.74 Å². The second-order valence-electron chi connectivity index (χ2n) is 5.73. The Hall–Kier alpha value is -1.14. The van der Waals surface area contributed by atoms with Crippen molar-refractivity contribution in [3.05, 3.63) is 0 Å². The van der Waals surface area contributed by atoms with Gasteiger partial charge in [-0.1, -0.05) is 0 Å². The number of carbonyl (C=O) groups is 2. The van der Waals surface area contributed by atoms with E-state index in [1.807, 2.05) is 0 Å². The molecule has 106 valence electrons. The van der Waals surface area contributed by atoms with Crippen molar-refractivity contribution < 1.29 is 14.3 Å². The number of nitrogens with zero attached hydrogens (tertiary/aromatic N) is 1. The molecule has 0 aromatic carbocycles. The molecule has 3 saturated heterocycles. The molecule has 0 aliphatic carbocycles. The maximum atomic E-state index is 12.6. The fourth-order valence-corrected chi connectivity index (χ4v) is 3.22. The van der Waals surface area contributed by atoms with Gasteiger partial charge >= 0.3 is 6.03 Å². The van der Waals surface area contributed by atoms with E-state index in [2.05, 4.69) is 10.6 Å². The molecule has 3 aliphatic heterocycles. The molecule has 0 radical (unpaired) electrons. The van der Waals surface area contributed by atoms with Gasteiger partial charge in [-0.05, 0) is 44.7 Å². The number of urea groups is 1. The Kier molecular flexibility index (Phi) is 3.45. The minimum atomic E-state index is -0.631. The Balaban J connectivity index is 1.68. The van der Waals surface area contributed by atoms with Crippen LogP contribution in [0.15, 0.2) is 0 Å². The Morgan fingerprint density at radius 1 is 1.21 bits per heavy atom. The second-order valence-corrected chi connectivity index (χ2v) is 5.73. The first-order valence-electron chi connectivity index (χ1n) is 7.14. The molecule has 0 saturated carbocycles. The first-order valence-corrected chi connectivity index (χ1v) is 7.14. The average Bonchev–Trinajstić information content (AvgIpc) is 2.66. The lowest BCUT2D eigenvalue weighted by molar-refractivity contribution is -0.132. The van der Waals surface area contributed by atoms with Gasteiger partial charge in [0.2, 0.25) is 0 Å². The number of hydrogen-bond donors (Lipinski definition) is 2. The van der Waals surface area contributed by atoms with Crippen LogP contribution in [-0.2, 0) is 9.53 Å². The smallest absolute Gasteiger partial charge is 0.325 e. The molecular weight excluding hydrogens is 246 g/mol. The van der Waals surface area contributed by atoms with Crippen LogP contribution in [0.5, 0.6) is 0 Å². The van der Waals surface area contributed by atoms with Gasteiger partial charge in [-0.2, -0.15) is 0 Å². The monoisotopic (exact) mass is 267 g/mol. The Morgan fingerprint density at radius 3 is 2.58 bits per heavy atom. The lowest BCUT2D eigenvalue weighted by Crippen LogP contribution is -2.54. The van der Waals surface area contributed by atoms with Crippen LogP contribution in [0.4, 0.5) is 4.79 Å². The predicted octanol–water partition coefficient (Wildman–Crippen LogP) is 0.0870. The SMILES string of the molecule is O=C1NC2(CCNCC2)C(=O)N1CC1CCOCC1. The lowest BCUT2D eigenvalue weighted by Gasteiger charge is -2.31. The van der Waals surface area contributed by atoms with Crippen molar-refractivity contribution in [1.29, 1.82) is 0 Å². The molecule has 0 unspecified atom stereocenters. The number of carbonyl (C=O) groups excluding carboxylic acids is 2. The summed E-state index contributed by atoms with van der Waals surface area (Å²) in [6.45, 7) is 3.60. The van der Waals surface area contributed by atoms with Gasteiger partial charge in [0.25, 0.3) is 5.91 Å². The summed E-state index contributed by atoms with van der Waals surface area (Å²) >= 11 is 0. The van der Waals surface area contributed by atoms with E-state index >= 15 is 0 Å². The molecule has 3 rings (SSSR count). The summed E-state index contributed by atoms with van der Waals surface area (Å²) in [6, 6.07) is -0.210. The van der Waals surface area contributed by atoms with Gasteiger partial charge in [0.1, 0.15) is 5.54 Å². The second kappa shape index (κ2) is 5.09. The van der Waals surface area contributed by atoms with Crippen LogP contribution < -0.4 is 10.6 Å². The zero-order valence-corrected chi connectivity index (χ0v) is 11.1. The topological polar surface area (TPSA) is 70.7 Å². The summed E-state index contributed by atoms with van der Waals surface area (Å²) in [5.74, 6) is 0.366. The van der Waals surface area contributed by atoms with Crippen molar-refractivity contribution in [2.24, 2.45) is 5.92 Å². The van der Waals surface area contributed by atoms with Crippen molar-refractivity contribution in [2.75, 3.05) is 32.8 Å². The number of hydrogen-bond acceptors (Lipinski definition) is 4. The molecule has 2 N–H and O–H groups in total. The van der Waals surface area contributed by atoms with E-state index in [1.165, 1.54) is 4.90 Å². The molecule has 3 fully saturated rings. The van der Waals surface area contributed by atoms with Crippen molar-refractivity contribution >= 4 is 11.9 Å². The van der Waals surface area contributed by atoms with E-state index in [-0.39, 0.29) is 11.9 Å². The molecule has 0 atom stereocenters. The summed E-state index contributed by atoms with van der Waals surface area (Å²) in [7, 11) is 0. The quantitative estimate of drug-likeness (QED) is 0.696. The zero-order chi connectivity index (χ0) is 13.3. The Bertz CT molecular complexity index is 373. The van der Waals surface area contributed by atoms with E-state index < -0.39 is 5.54 Å². The summed E-state index contributed by atoms with van der Waals surface area (Å²) in [5, 5.41) is 6.15. The van der Waals surface area contributed by atoms with Crippen molar-refractivity contribution in [1.82, 2.24) is 15.5 Å². The number of ether oxygens (including phenoxy) is 1. The molecule has 0 aromatic rings. The van der Waals surface area contributed by atoms with Crippen LogP contribution in [0.25, 0.3) is 0 Å². The molecule has 3 amide bonds. The maximum absolute atomic E-state index is 12.6. The highest BCUT2D eigenvalue weighted by atomic mass is 16.5. The predicted molar refractivity (Wildman–Crippen MR) is 68.6 cm³/mol. The Labute approximate surface area is 112 Å². The standard InChI is InChI=1S/C13H21N3O3/c17-11-13(3-5-14-6-4-13)15-12(18)16(11)9-10-1-7-19-8-2-10/h10,14H,1-9H2,(H,15,18). The molecule has 6 heteroatoms. The third-order valence-corrected chi connectivity index (χ3v) is 4.48. The van der Waals surface area contributed by atoms with Crippen LogP contribution in [0.2, 0.25) is 0 Å². The number of rotatable bonds is 2. The summed E-state index contributed by atoms with van der Waals surface area (Å²) in [5.41, 5.74) is -0.631. The summed E-state index contributed by atoms with van der Waals surface area (Å²) in [4.78, 5) is 26.1. The minimum Gasteiger partial charge on any atom is -0.381 e. The average molecular weight is 267 g/mol. The molecule has 1 spiro atoms.